The van der Waals surface area contributed by atoms with Crippen molar-refractivity contribution in [3.8, 4) is 0 Å². The van der Waals surface area contributed by atoms with Gasteiger partial charge in [-0.05, 0) is 38.1 Å². The summed E-state index contributed by atoms with van der Waals surface area (Å²) in [6, 6.07) is 16.8. The topological polar surface area (TPSA) is 55.2 Å². The van der Waals surface area contributed by atoms with Gasteiger partial charge in [-0.25, -0.2) is 4.98 Å². The van der Waals surface area contributed by atoms with E-state index in [4.69, 9.17) is 0 Å². The first-order valence-corrected chi connectivity index (χ1v) is 9.39. The average Bonchev–Trinajstić information content (AvgIpc) is 2.68. The molecule has 0 fully saturated rings. The van der Waals surface area contributed by atoms with E-state index in [1.54, 1.807) is 22.6 Å². The molecule has 0 aliphatic rings. The summed E-state index contributed by atoms with van der Waals surface area (Å²) in [4.78, 5) is 31.7. The van der Waals surface area contributed by atoms with Crippen molar-refractivity contribution in [3.05, 3.63) is 65.0 Å². The molecule has 0 aliphatic heterocycles. The number of thioether (sulfide) groups is 1. The maximum atomic E-state index is 12.8. The number of hydrogen-bond acceptors (Lipinski definition) is 4. The zero-order chi connectivity index (χ0) is 18.7. The molecule has 0 spiro atoms. The van der Waals surface area contributed by atoms with Crippen LogP contribution in [0.4, 0.5) is 5.69 Å². The van der Waals surface area contributed by atoms with E-state index >= 15 is 0 Å². The molecule has 5 nitrogen and oxygen atoms in total. The largest absolute Gasteiger partial charge is 0.315 e. The Morgan fingerprint density at radius 1 is 1.15 bits per heavy atom. The van der Waals surface area contributed by atoms with E-state index in [0.717, 1.165) is 5.69 Å². The monoisotopic (exact) mass is 367 g/mol. The van der Waals surface area contributed by atoms with Crippen LogP contribution in [0.3, 0.4) is 0 Å². The van der Waals surface area contributed by atoms with Crippen molar-refractivity contribution in [1.82, 2.24) is 9.55 Å². The van der Waals surface area contributed by atoms with E-state index in [9.17, 15) is 9.59 Å². The molecule has 0 bridgehead atoms. The lowest BCUT2D eigenvalue weighted by Crippen LogP contribution is -2.34. The van der Waals surface area contributed by atoms with Gasteiger partial charge in [-0.3, -0.25) is 14.2 Å². The van der Waals surface area contributed by atoms with Crippen molar-refractivity contribution in [1.29, 1.82) is 0 Å². The predicted octanol–water partition coefficient (Wildman–Crippen LogP) is 3.56. The second-order valence-corrected chi connectivity index (χ2v) is 7.26. The van der Waals surface area contributed by atoms with Crippen LogP contribution in [0.25, 0.3) is 10.9 Å². The van der Waals surface area contributed by atoms with Gasteiger partial charge in [0.05, 0.1) is 16.2 Å². The predicted molar refractivity (Wildman–Crippen MR) is 107 cm³/mol. The van der Waals surface area contributed by atoms with E-state index in [1.165, 1.54) is 11.8 Å². The number of anilines is 1. The highest BCUT2D eigenvalue weighted by Gasteiger charge is 2.22. The van der Waals surface area contributed by atoms with E-state index in [-0.39, 0.29) is 16.7 Å². The Morgan fingerprint density at radius 3 is 2.50 bits per heavy atom. The maximum absolute atomic E-state index is 12.8. The number of fused-ring (bicyclic) bond motifs is 1. The van der Waals surface area contributed by atoms with E-state index in [2.05, 4.69) is 4.98 Å². The minimum atomic E-state index is -0.369. The highest BCUT2D eigenvalue weighted by Crippen LogP contribution is 2.25. The average molecular weight is 367 g/mol. The van der Waals surface area contributed by atoms with Crippen LogP contribution < -0.4 is 10.5 Å². The van der Waals surface area contributed by atoms with Crippen molar-refractivity contribution in [2.75, 3.05) is 11.9 Å². The molecule has 0 radical (unpaired) electrons. The van der Waals surface area contributed by atoms with Crippen LogP contribution in [0.1, 0.15) is 13.8 Å². The SMILES string of the molecule is CCn1c(SC(C)C(=O)N(C)c2ccccc2)nc2ccccc2c1=O. The van der Waals surface area contributed by atoms with Crippen LogP contribution in [0, 0.1) is 0 Å². The summed E-state index contributed by atoms with van der Waals surface area (Å²) in [6.45, 7) is 4.26. The van der Waals surface area contributed by atoms with Gasteiger partial charge in [-0.2, -0.15) is 0 Å². The van der Waals surface area contributed by atoms with Crippen molar-refractivity contribution >= 4 is 34.3 Å². The molecule has 134 valence electrons. The summed E-state index contributed by atoms with van der Waals surface area (Å²) in [5.41, 5.74) is 1.42. The van der Waals surface area contributed by atoms with Gasteiger partial charge in [0.1, 0.15) is 0 Å². The summed E-state index contributed by atoms with van der Waals surface area (Å²) in [6.07, 6.45) is 0. The number of para-hydroxylation sites is 2. The molecule has 0 saturated carbocycles. The van der Waals surface area contributed by atoms with Gasteiger partial charge >= 0.3 is 0 Å². The normalized spacial score (nSPS) is 12.1. The van der Waals surface area contributed by atoms with Gasteiger partial charge in [0.25, 0.3) is 5.56 Å². The molecule has 2 aromatic carbocycles. The molecule has 1 heterocycles. The minimum absolute atomic E-state index is 0.0359. The van der Waals surface area contributed by atoms with Crippen LogP contribution in [0.5, 0.6) is 0 Å². The Hall–Kier alpha value is -2.60. The van der Waals surface area contributed by atoms with Gasteiger partial charge in [0.15, 0.2) is 5.16 Å². The Morgan fingerprint density at radius 2 is 1.81 bits per heavy atom. The summed E-state index contributed by atoms with van der Waals surface area (Å²) < 4.78 is 1.62. The number of nitrogens with zero attached hydrogens (tertiary/aromatic N) is 3. The molecule has 6 heteroatoms. The Bertz CT molecular complexity index is 985. The van der Waals surface area contributed by atoms with Crippen LogP contribution in [-0.4, -0.2) is 27.8 Å². The third-order valence-electron chi connectivity index (χ3n) is 4.25. The summed E-state index contributed by atoms with van der Waals surface area (Å²) in [7, 11) is 1.76. The number of hydrogen-bond donors (Lipinski definition) is 0. The first-order valence-electron chi connectivity index (χ1n) is 8.51. The molecule has 1 amide bonds. The smallest absolute Gasteiger partial charge is 0.262 e. The van der Waals surface area contributed by atoms with E-state index < -0.39 is 0 Å². The summed E-state index contributed by atoms with van der Waals surface area (Å²) >= 11 is 1.32. The molecule has 1 aromatic heterocycles. The molecule has 26 heavy (non-hydrogen) atoms. The van der Waals surface area contributed by atoms with Crippen molar-refractivity contribution < 1.29 is 4.79 Å². The van der Waals surface area contributed by atoms with Gasteiger partial charge in [0, 0.05) is 19.3 Å². The molecule has 0 saturated heterocycles. The fourth-order valence-electron chi connectivity index (χ4n) is 2.78. The second-order valence-electron chi connectivity index (χ2n) is 5.95. The molecule has 3 aromatic rings. The van der Waals surface area contributed by atoms with Gasteiger partial charge in [-0.1, -0.05) is 42.1 Å². The first kappa shape index (κ1) is 18.2. The lowest BCUT2D eigenvalue weighted by molar-refractivity contribution is -0.117. The second kappa shape index (κ2) is 7.74. The third kappa shape index (κ3) is 3.51. The molecular formula is C20H21N3O2S. The third-order valence-corrected chi connectivity index (χ3v) is 5.32. The van der Waals surface area contributed by atoms with Gasteiger partial charge < -0.3 is 4.90 Å². The number of carbonyl (C=O) groups is 1. The Balaban J connectivity index is 1.90. The zero-order valence-electron chi connectivity index (χ0n) is 15.0. The zero-order valence-corrected chi connectivity index (χ0v) is 15.9. The number of benzene rings is 2. The molecule has 1 atom stereocenters. The van der Waals surface area contributed by atoms with Crippen LogP contribution in [0.15, 0.2) is 64.5 Å². The Kier molecular flexibility index (Phi) is 5.42. The standard InChI is InChI=1S/C20H21N3O2S/c1-4-23-19(25)16-12-8-9-13-17(16)21-20(23)26-14(2)18(24)22(3)15-10-6-5-7-11-15/h5-14H,4H2,1-3H3. The van der Waals surface area contributed by atoms with Crippen molar-refractivity contribution in [3.63, 3.8) is 0 Å². The van der Waals surface area contributed by atoms with Gasteiger partial charge in [-0.15, -0.1) is 0 Å². The van der Waals surface area contributed by atoms with E-state index in [0.29, 0.717) is 22.6 Å². The van der Waals surface area contributed by atoms with E-state index in [1.807, 2.05) is 62.4 Å². The van der Waals surface area contributed by atoms with Crippen LogP contribution in [0.2, 0.25) is 0 Å². The van der Waals surface area contributed by atoms with Crippen LogP contribution >= 0.6 is 11.8 Å². The van der Waals surface area contributed by atoms with Crippen molar-refractivity contribution in [2.24, 2.45) is 0 Å². The number of amides is 1. The fraction of sp³-hybridized carbons (Fsp3) is 0.250. The van der Waals surface area contributed by atoms with Crippen molar-refractivity contribution in [2.45, 2.75) is 30.8 Å². The number of aromatic nitrogens is 2. The van der Waals surface area contributed by atoms with Crippen LogP contribution in [-0.2, 0) is 11.3 Å². The Labute approximate surface area is 156 Å². The molecule has 1 unspecified atom stereocenters. The summed E-state index contributed by atoms with van der Waals surface area (Å²) in [5.74, 6) is -0.0359. The lowest BCUT2D eigenvalue weighted by Gasteiger charge is -2.21. The molecular weight excluding hydrogens is 346 g/mol. The quantitative estimate of drug-likeness (QED) is 0.511. The highest BCUT2D eigenvalue weighted by molar-refractivity contribution is 8.00. The minimum Gasteiger partial charge on any atom is -0.315 e. The highest BCUT2D eigenvalue weighted by atomic mass is 32.2. The molecule has 0 N–H and O–H groups in total. The molecule has 3 rings (SSSR count). The molecule has 0 aliphatic carbocycles. The lowest BCUT2D eigenvalue weighted by atomic mass is 10.2. The summed E-state index contributed by atoms with van der Waals surface area (Å²) in [5, 5.41) is 0.795. The van der Waals surface area contributed by atoms with Gasteiger partial charge in [0.2, 0.25) is 5.91 Å². The first-order chi connectivity index (χ1) is 12.5. The number of rotatable bonds is 5. The maximum Gasteiger partial charge on any atom is 0.262 e. The number of carbonyl (C=O) groups excluding carboxylic acids is 1. The fourth-order valence-corrected chi connectivity index (χ4v) is 3.84.